The van der Waals surface area contributed by atoms with Gasteiger partial charge in [0.25, 0.3) is 5.91 Å². The summed E-state index contributed by atoms with van der Waals surface area (Å²) in [5.74, 6) is 0.161. The lowest BCUT2D eigenvalue weighted by Crippen LogP contribution is -2.36. The second-order valence-corrected chi connectivity index (χ2v) is 4.95. The average molecular weight is 202 g/mol. The Labute approximate surface area is 89.1 Å². The zero-order valence-corrected chi connectivity index (χ0v) is 8.95. The summed E-state index contributed by atoms with van der Waals surface area (Å²) in [5, 5.41) is 3.48. The molecule has 1 saturated heterocycles. The highest BCUT2D eigenvalue weighted by Gasteiger charge is 2.46. The van der Waals surface area contributed by atoms with E-state index < -0.39 is 0 Å². The number of carbonyl (C=O) groups is 1. The third kappa shape index (κ3) is 1.13. The largest absolute Gasteiger partial charge is 0.317 e. The molecule has 15 heavy (non-hydrogen) atoms. The van der Waals surface area contributed by atoms with Crippen molar-refractivity contribution in [3.63, 3.8) is 0 Å². The van der Waals surface area contributed by atoms with Gasteiger partial charge in [-0.2, -0.15) is 0 Å². The summed E-state index contributed by atoms with van der Waals surface area (Å²) in [6, 6.07) is 7.85. The van der Waals surface area contributed by atoms with Crippen LogP contribution in [0.5, 0.6) is 0 Å². The fraction of sp³-hybridized carbons (Fsp3) is 0.417. The first kappa shape index (κ1) is 8.92. The van der Waals surface area contributed by atoms with Gasteiger partial charge in [0.1, 0.15) is 6.17 Å². The first-order chi connectivity index (χ1) is 7.08. The number of carbonyl (C=O) groups excluding carboxylic acids is 1. The van der Waals surface area contributed by atoms with Gasteiger partial charge in [-0.05, 0) is 19.9 Å². The molecule has 0 aliphatic carbocycles. The second-order valence-electron chi connectivity index (χ2n) is 4.95. The Morgan fingerprint density at radius 2 is 2.13 bits per heavy atom. The van der Waals surface area contributed by atoms with E-state index >= 15 is 0 Å². The van der Waals surface area contributed by atoms with Crippen LogP contribution >= 0.6 is 0 Å². The Morgan fingerprint density at radius 1 is 1.40 bits per heavy atom. The molecule has 0 aromatic heterocycles. The number of rotatable bonds is 0. The molecule has 1 aromatic carbocycles. The highest BCUT2D eigenvalue weighted by molar-refractivity contribution is 5.99. The predicted molar refractivity (Wildman–Crippen MR) is 57.4 cm³/mol. The van der Waals surface area contributed by atoms with Crippen LogP contribution < -0.4 is 5.32 Å². The summed E-state index contributed by atoms with van der Waals surface area (Å²) < 4.78 is 0. The van der Waals surface area contributed by atoms with Crippen molar-refractivity contribution in [2.45, 2.75) is 25.6 Å². The molecule has 1 N–H and O–H groups in total. The number of amides is 1. The molecule has 0 bridgehead atoms. The minimum atomic E-state index is 0.0217. The molecular weight excluding hydrogens is 188 g/mol. The molecule has 2 aliphatic rings. The van der Waals surface area contributed by atoms with E-state index in [4.69, 9.17) is 0 Å². The van der Waals surface area contributed by atoms with Crippen LogP contribution in [0.15, 0.2) is 24.3 Å². The first-order valence-corrected chi connectivity index (χ1v) is 5.26. The lowest BCUT2D eigenvalue weighted by atomic mass is 10.0. The number of nitrogens with zero attached hydrogens (tertiary/aromatic N) is 1. The molecule has 78 valence electrons. The van der Waals surface area contributed by atoms with Crippen LogP contribution in [0.1, 0.15) is 35.9 Å². The van der Waals surface area contributed by atoms with E-state index in [-0.39, 0.29) is 17.6 Å². The number of fused-ring (bicyclic) bond motifs is 3. The average Bonchev–Trinajstić information content (AvgIpc) is 2.63. The molecule has 2 heterocycles. The van der Waals surface area contributed by atoms with Gasteiger partial charge in [-0.1, -0.05) is 18.2 Å². The topological polar surface area (TPSA) is 32.3 Å². The van der Waals surface area contributed by atoms with Crippen LogP contribution in [-0.2, 0) is 0 Å². The van der Waals surface area contributed by atoms with Gasteiger partial charge in [0.05, 0.1) is 0 Å². The van der Waals surface area contributed by atoms with Crippen LogP contribution in [-0.4, -0.2) is 22.9 Å². The minimum Gasteiger partial charge on any atom is -0.317 e. The van der Waals surface area contributed by atoms with Crippen molar-refractivity contribution in [1.82, 2.24) is 10.2 Å². The Hall–Kier alpha value is -1.35. The molecule has 0 radical (unpaired) electrons. The van der Waals surface area contributed by atoms with Crippen molar-refractivity contribution in [1.29, 1.82) is 0 Å². The maximum Gasteiger partial charge on any atom is 0.255 e. The zero-order chi connectivity index (χ0) is 10.6. The standard InChI is InChI=1S/C12H14N2O/c1-12(2)7-14-10(13-12)8-5-3-4-6-9(8)11(14)15/h3-6,10,13H,7H2,1-2H3. The van der Waals surface area contributed by atoms with Gasteiger partial charge in [0, 0.05) is 23.2 Å². The third-order valence-corrected chi connectivity index (χ3v) is 3.15. The van der Waals surface area contributed by atoms with E-state index in [1.165, 1.54) is 0 Å². The van der Waals surface area contributed by atoms with Gasteiger partial charge in [-0.3, -0.25) is 10.1 Å². The second kappa shape index (κ2) is 2.61. The smallest absolute Gasteiger partial charge is 0.255 e. The van der Waals surface area contributed by atoms with Gasteiger partial charge in [0.2, 0.25) is 0 Å². The molecule has 1 atom stereocenters. The molecule has 2 aliphatic heterocycles. The van der Waals surface area contributed by atoms with E-state index in [2.05, 4.69) is 19.2 Å². The number of hydrogen-bond donors (Lipinski definition) is 1. The zero-order valence-electron chi connectivity index (χ0n) is 8.95. The molecule has 1 fully saturated rings. The Balaban J connectivity index is 2.10. The van der Waals surface area contributed by atoms with E-state index in [1.54, 1.807) is 0 Å². The van der Waals surface area contributed by atoms with Crippen LogP contribution in [0, 0.1) is 0 Å². The third-order valence-electron chi connectivity index (χ3n) is 3.15. The Kier molecular flexibility index (Phi) is 1.55. The van der Waals surface area contributed by atoms with Crippen molar-refractivity contribution < 1.29 is 4.79 Å². The van der Waals surface area contributed by atoms with Crippen molar-refractivity contribution >= 4 is 5.91 Å². The lowest BCUT2D eigenvalue weighted by Gasteiger charge is -2.18. The summed E-state index contributed by atoms with van der Waals surface area (Å²) in [6.07, 6.45) is 0.0868. The molecule has 0 spiro atoms. The quantitative estimate of drug-likeness (QED) is 0.692. The maximum atomic E-state index is 12.1. The molecule has 3 heteroatoms. The first-order valence-electron chi connectivity index (χ1n) is 5.26. The van der Waals surface area contributed by atoms with Gasteiger partial charge in [0.15, 0.2) is 0 Å². The van der Waals surface area contributed by atoms with E-state index in [1.807, 2.05) is 29.2 Å². The molecule has 0 saturated carbocycles. The fourth-order valence-electron chi connectivity index (χ4n) is 2.53. The SMILES string of the molecule is CC1(C)CN2C(=O)c3ccccc3C2N1. The molecule has 3 nitrogen and oxygen atoms in total. The van der Waals surface area contributed by atoms with Crippen molar-refractivity contribution in [3.8, 4) is 0 Å². The Bertz CT molecular complexity index is 439. The fourth-order valence-corrected chi connectivity index (χ4v) is 2.53. The van der Waals surface area contributed by atoms with Crippen LogP contribution in [0.2, 0.25) is 0 Å². The molecular formula is C12H14N2O. The summed E-state index contributed by atoms with van der Waals surface area (Å²) in [5.41, 5.74) is 1.99. The van der Waals surface area contributed by atoms with Crippen LogP contribution in [0.25, 0.3) is 0 Å². The minimum absolute atomic E-state index is 0.0217. The molecule has 1 unspecified atom stereocenters. The highest BCUT2D eigenvalue weighted by atomic mass is 16.2. The highest BCUT2D eigenvalue weighted by Crippen LogP contribution is 2.37. The summed E-state index contributed by atoms with van der Waals surface area (Å²) >= 11 is 0. The molecule has 3 rings (SSSR count). The van der Waals surface area contributed by atoms with E-state index in [0.29, 0.717) is 0 Å². The predicted octanol–water partition coefficient (Wildman–Crippen LogP) is 1.52. The molecule has 1 amide bonds. The lowest BCUT2D eigenvalue weighted by molar-refractivity contribution is 0.0766. The molecule has 1 aromatic rings. The number of benzene rings is 1. The van der Waals surface area contributed by atoms with Gasteiger partial charge < -0.3 is 4.90 Å². The van der Waals surface area contributed by atoms with Gasteiger partial charge in [-0.15, -0.1) is 0 Å². The van der Waals surface area contributed by atoms with Crippen LogP contribution in [0.4, 0.5) is 0 Å². The number of nitrogens with one attached hydrogen (secondary N) is 1. The van der Waals surface area contributed by atoms with Crippen LogP contribution in [0.3, 0.4) is 0 Å². The van der Waals surface area contributed by atoms with Crippen molar-refractivity contribution in [2.24, 2.45) is 0 Å². The van der Waals surface area contributed by atoms with Gasteiger partial charge in [-0.25, -0.2) is 0 Å². The summed E-state index contributed by atoms with van der Waals surface area (Å²) in [7, 11) is 0. The van der Waals surface area contributed by atoms with E-state index in [9.17, 15) is 4.79 Å². The summed E-state index contributed by atoms with van der Waals surface area (Å²) in [6.45, 7) is 5.04. The Morgan fingerprint density at radius 3 is 2.93 bits per heavy atom. The van der Waals surface area contributed by atoms with Crippen molar-refractivity contribution in [2.75, 3.05) is 6.54 Å². The van der Waals surface area contributed by atoms with Gasteiger partial charge >= 0.3 is 0 Å². The van der Waals surface area contributed by atoms with E-state index in [0.717, 1.165) is 17.7 Å². The monoisotopic (exact) mass is 202 g/mol. The van der Waals surface area contributed by atoms with Crippen molar-refractivity contribution in [3.05, 3.63) is 35.4 Å². The normalized spacial score (nSPS) is 26.7. The maximum absolute atomic E-state index is 12.1. The number of hydrogen-bond acceptors (Lipinski definition) is 2. The summed E-state index contributed by atoms with van der Waals surface area (Å²) in [4.78, 5) is 14.0.